The Kier molecular flexibility index (Phi) is 5.60. The van der Waals surface area contributed by atoms with Crippen molar-refractivity contribution in [3.05, 3.63) is 46.9 Å². The number of fused-ring (bicyclic) bond motifs is 1. The summed E-state index contributed by atoms with van der Waals surface area (Å²) < 4.78 is 12.6. The maximum Gasteiger partial charge on any atom is 0.277 e. The summed E-state index contributed by atoms with van der Waals surface area (Å²) in [5, 5.41) is 11.7. The zero-order valence-corrected chi connectivity index (χ0v) is 17.7. The van der Waals surface area contributed by atoms with E-state index in [2.05, 4.69) is 36.4 Å². The Morgan fingerprint density at radius 2 is 2.14 bits per heavy atom. The molecule has 4 rings (SSSR count). The topological polar surface area (TPSA) is 90.1 Å². The fourth-order valence-corrected chi connectivity index (χ4v) is 4.31. The number of carbonyl (C=O) groups excluding carboxylic acids is 1. The first-order chi connectivity index (χ1) is 13.6. The first-order valence-corrected chi connectivity index (χ1v) is 10.7. The number of aromatic nitrogens is 3. The van der Waals surface area contributed by atoms with Crippen molar-refractivity contribution in [3.63, 3.8) is 0 Å². The molecule has 4 aromatic rings. The molecule has 0 bridgehead atoms. The largest absolute Gasteiger partial charge is 0.497 e. The van der Waals surface area contributed by atoms with E-state index in [9.17, 15) is 4.79 Å². The molecule has 0 spiro atoms. The predicted molar refractivity (Wildman–Crippen MR) is 113 cm³/mol. The van der Waals surface area contributed by atoms with Gasteiger partial charge < -0.3 is 14.5 Å². The van der Waals surface area contributed by atoms with E-state index in [1.54, 1.807) is 7.11 Å². The van der Waals surface area contributed by atoms with Gasteiger partial charge in [0, 0.05) is 4.47 Å². The molecule has 2 aromatic heterocycles. The van der Waals surface area contributed by atoms with Crippen molar-refractivity contribution in [1.82, 2.24) is 15.2 Å². The molecule has 142 valence electrons. The van der Waals surface area contributed by atoms with Crippen molar-refractivity contribution in [1.29, 1.82) is 0 Å². The summed E-state index contributed by atoms with van der Waals surface area (Å²) in [6.07, 6.45) is 0. The highest BCUT2D eigenvalue weighted by Crippen LogP contribution is 2.30. The number of nitrogens with one attached hydrogen (secondary N) is 1. The molecule has 0 aliphatic carbocycles. The zero-order valence-electron chi connectivity index (χ0n) is 14.5. The number of hydrogen-bond donors (Lipinski definition) is 1. The standard InChI is InChI=1S/C18H13BrN4O3S2/c1-25-10-6-7-13-14(8-10)28-17(20-13)21-15(24)9-27-18-23-22-16(26-18)11-4-2-3-5-12(11)19/h2-8H,9H2,1H3,(H,20,21,24). The maximum absolute atomic E-state index is 12.2. The highest BCUT2D eigenvalue weighted by Gasteiger charge is 2.14. The van der Waals surface area contributed by atoms with Crippen LogP contribution in [0, 0.1) is 0 Å². The van der Waals surface area contributed by atoms with Gasteiger partial charge in [-0.1, -0.05) is 35.2 Å². The Morgan fingerprint density at radius 1 is 1.29 bits per heavy atom. The number of methoxy groups -OCH3 is 1. The van der Waals surface area contributed by atoms with Gasteiger partial charge in [-0.2, -0.15) is 0 Å². The van der Waals surface area contributed by atoms with Gasteiger partial charge in [0.1, 0.15) is 5.75 Å². The number of ether oxygens (including phenoxy) is 1. The molecule has 0 saturated heterocycles. The lowest BCUT2D eigenvalue weighted by Gasteiger charge is -1.99. The quantitative estimate of drug-likeness (QED) is 0.397. The number of thioether (sulfide) groups is 1. The van der Waals surface area contributed by atoms with Gasteiger partial charge in [-0.25, -0.2) is 4.98 Å². The number of anilines is 1. The van der Waals surface area contributed by atoms with Gasteiger partial charge in [0.05, 0.1) is 28.6 Å². The number of thiazole rings is 1. The van der Waals surface area contributed by atoms with E-state index < -0.39 is 0 Å². The molecule has 0 radical (unpaired) electrons. The van der Waals surface area contributed by atoms with Crippen molar-refractivity contribution in [2.45, 2.75) is 5.22 Å². The third-order valence-corrected chi connectivity index (χ3v) is 6.12. The maximum atomic E-state index is 12.2. The Hall–Kier alpha value is -2.43. The molecule has 0 fully saturated rings. The van der Waals surface area contributed by atoms with Crippen LogP contribution in [0.4, 0.5) is 5.13 Å². The zero-order chi connectivity index (χ0) is 19.5. The lowest BCUT2D eigenvalue weighted by Crippen LogP contribution is -2.13. The molecule has 0 atom stereocenters. The van der Waals surface area contributed by atoms with Crippen LogP contribution in [0.25, 0.3) is 21.7 Å². The van der Waals surface area contributed by atoms with E-state index in [4.69, 9.17) is 9.15 Å². The van der Waals surface area contributed by atoms with Gasteiger partial charge in [0.15, 0.2) is 5.13 Å². The molecule has 28 heavy (non-hydrogen) atoms. The van der Waals surface area contributed by atoms with Crippen LogP contribution in [0.15, 0.2) is 56.6 Å². The summed E-state index contributed by atoms with van der Waals surface area (Å²) in [5.41, 5.74) is 1.61. The summed E-state index contributed by atoms with van der Waals surface area (Å²) in [4.78, 5) is 16.6. The monoisotopic (exact) mass is 476 g/mol. The molecular formula is C18H13BrN4O3S2. The molecule has 0 aliphatic heterocycles. The normalized spacial score (nSPS) is 10.9. The molecule has 0 unspecified atom stereocenters. The van der Waals surface area contributed by atoms with Crippen LogP contribution in [0.1, 0.15) is 0 Å². The van der Waals surface area contributed by atoms with Crippen LogP contribution >= 0.6 is 39.0 Å². The summed E-state index contributed by atoms with van der Waals surface area (Å²) in [6.45, 7) is 0. The Bertz CT molecular complexity index is 1140. The minimum atomic E-state index is -0.198. The second-order valence-electron chi connectivity index (χ2n) is 5.54. The summed E-state index contributed by atoms with van der Waals surface area (Å²) in [7, 11) is 1.61. The molecule has 10 heteroatoms. The minimum Gasteiger partial charge on any atom is -0.497 e. The Labute approximate surface area is 176 Å². The molecule has 2 aromatic carbocycles. The van der Waals surface area contributed by atoms with Gasteiger partial charge in [0.25, 0.3) is 5.22 Å². The van der Waals surface area contributed by atoms with E-state index in [1.807, 2.05) is 42.5 Å². The van der Waals surface area contributed by atoms with Crippen LogP contribution < -0.4 is 10.1 Å². The number of halogens is 1. The lowest BCUT2D eigenvalue weighted by molar-refractivity contribution is -0.113. The van der Waals surface area contributed by atoms with Crippen LogP contribution in [0.5, 0.6) is 5.75 Å². The SMILES string of the molecule is COc1ccc2nc(NC(=O)CSc3nnc(-c4ccccc4Br)o3)sc2c1. The average Bonchev–Trinajstić information content (AvgIpc) is 3.32. The highest BCUT2D eigenvalue weighted by molar-refractivity contribution is 9.10. The molecule has 1 amide bonds. The van der Waals surface area contributed by atoms with Crippen molar-refractivity contribution < 1.29 is 13.9 Å². The number of rotatable bonds is 6. The molecule has 7 nitrogen and oxygen atoms in total. The van der Waals surface area contributed by atoms with Crippen molar-refractivity contribution in [2.75, 3.05) is 18.2 Å². The van der Waals surface area contributed by atoms with Crippen LogP contribution in [-0.4, -0.2) is 34.0 Å². The van der Waals surface area contributed by atoms with Crippen molar-refractivity contribution >= 4 is 60.3 Å². The fraction of sp³-hybridized carbons (Fsp3) is 0.111. The second-order valence-corrected chi connectivity index (χ2v) is 8.35. The number of carbonyl (C=O) groups is 1. The van der Waals surface area contributed by atoms with Crippen molar-refractivity contribution in [2.24, 2.45) is 0 Å². The van der Waals surface area contributed by atoms with Crippen molar-refractivity contribution in [3.8, 4) is 17.2 Å². The van der Waals surface area contributed by atoms with E-state index >= 15 is 0 Å². The van der Waals surface area contributed by atoms with E-state index in [0.29, 0.717) is 16.2 Å². The Morgan fingerprint density at radius 3 is 2.96 bits per heavy atom. The Balaban J connectivity index is 1.38. The second kappa shape index (κ2) is 8.29. The highest BCUT2D eigenvalue weighted by atomic mass is 79.9. The summed E-state index contributed by atoms with van der Waals surface area (Å²) in [5.74, 6) is 1.09. The van der Waals surface area contributed by atoms with E-state index in [0.717, 1.165) is 26.0 Å². The first-order valence-electron chi connectivity index (χ1n) is 8.08. The van der Waals surface area contributed by atoms with Crippen LogP contribution in [-0.2, 0) is 4.79 Å². The van der Waals surface area contributed by atoms with Crippen LogP contribution in [0.2, 0.25) is 0 Å². The molecule has 0 saturated carbocycles. The van der Waals surface area contributed by atoms with Gasteiger partial charge in [0.2, 0.25) is 11.8 Å². The van der Waals surface area contributed by atoms with Crippen LogP contribution in [0.3, 0.4) is 0 Å². The number of hydrogen-bond acceptors (Lipinski definition) is 8. The first kappa shape index (κ1) is 18.9. The number of amides is 1. The predicted octanol–water partition coefficient (Wildman–Crippen LogP) is 4.85. The van der Waals surface area contributed by atoms with Gasteiger partial charge in [-0.15, -0.1) is 10.2 Å². The summed E-state index contributed by atoms with van der Waals surface area (Å²) >= 11 is 6.01. The summed E-state index contributed by atoms with van der Waals surface area (Å²) in [6, 6.07) is 13.1. The molecule has 0 aliphatic rings. The minimum absolute atomic E-state index is 0.136. The van der Waals surface area contributed by atoms with Gasteiger partial charge in [-0.05, 0) is 46.3 Å². The molecule has 1 N–H and O–H groups in total. The van der Waals surface area contributed by atoms with Gasteiger partial charge in [-0.3, -0.25) is 4.79 Å². The number of benzene rings is 2. The molecule has 2 heterocycles. The average molecular weight is 477 g/mol. The van der Waals surface area contributed by atoms with E-state index in [-0.39, 0.29) is 11.7 Å². The number of nitrogens with zero attached hydrogens (tertiary/aromatic N) is 3. The smallest absolute Gasteiger partial charge is 0.277 e. The molecular weight excluding hydrogens is 464 g/mol. The lowest BCUT2D eigenvalue weighted by atomic mass is 10.2. The third-order valence-electron chi connectivity index (χ3n) is 3.68. The van der Waals surface area contributed by atoms with E-state index in [1.165, 1.54) is 23.1 Å². The van der Waals surface area contributed by atoms with Gasteiger partial charge >= 0.3 is 0 Å². The fourth-order valence-electron chi connectivity index (χ4n) is 2.38. The third kappa shape index (κ3) is 4.18.